The lowest BCUT2D eigenvalue weighted by Gasteiger charge is -2.22. The summed E-state index contributed by atoms with van der Waals surface area (Å²) in [6, 6.07) is 12.0. The van der Waals surface area contributed by atoms with Gasteiger partial charge in [0.25, 0.3) is 0 Å². The minimum Gasteiger partial charge on any atom is -0.468 e. The van der Waals surface area contributed by atoms with Crippen molar-refractivity contribution < 1.29 is 13.6 Å². The van der Waals surface area contributed by atoms with Gasteiger partial charge >= 0.3 is 0 Å². The lowest BCUT2D eigenvalue weighted by Crippen LogP contribution is -2.31. The van der Waals surface area contributed by atoms with Gasteiger partial charge in [-0.3, -0.25) is 4.90 Å². The van der Waals surface area contributed by atoms with Crippen molar-refractivity contribution in [2.45, 2.75) is 39.0 Å². The number of benzene rings is 1. The first kappa shape index (κ1) is 17.0. The molecule has 1 atom stereocenters. The third-order valence-electron chi connectivity index (χ3n) is 4.57. The fourth-order valence-electron chi connectivity index (χ4n) is 3.21. The molecule has 0 radical (unpaired) electrons. The van der Waals surface area contributed by atoms with E-state index in [1.807, 2.05) is 36.4 Å². The minimum atomic E-state index is 0.254. The Morgan fingerprint density at radius 3 is 2.73 bits per heavy atom. The van der Waals surface area contributed by atoms with Gasteiger partial charge in [-0.1, -0.05) is 17.7 Å². The molecule has 1 aliphatic heterocycles. The number of furan rings is 1. The van der Waals surface area contributed by atoms with Crippen LogP contribution in [0.3, 0.4) is 0 Å². The van der Waals surface area contributed by atoms with Gasteiger partial charge in [-0.05, 0) is 44.0 Å². The molecule has 0 aliphatic carbocycles. The van der Waals surface area contributed by atoms with Crippen molar-refractivity contribution in [2.24, 2.45) is 0 Å². The molecule has 4 rings (SSSR count). The zero-order chi connectivity index (χ0) is 17.8. The van der Waals surface area contributed by atoms with E-state index < -0.39 is 0 Å². The average Bonchev–Trinajstić information content (AvgIpc) is 3.38. The summed E-state index contributed by atoms with van der Waals surface area (Å²) in [7, 11) is 0. The van der Waals surface area contributed by atoms with E-state index in [0.717, 1.165) is 37.3 Å². The number of rotatable bonds is 7. The van der Waals surface area contributed by atoms with Crippen LogP contribution in [0.4, 0.5) is 0 Å². The first-order chi connectivity index (χ1) is 12.8. The molecule has 6 heteroatoms. The molecule has 3 aromatic rings. The predicted octanol–water partition coefficient (Wildman–Crippen LogP) is 3.82. The molecule has 1 aliphatic rings. The van der Waals surface area contributed by atoms with Crippen molar-refractivity contribution in [1.29, 1.82) is 0 Å². The third-order valence-corrected chi connectivity index (χ3v) is 4.57. The number of aromatic nitrogens is 2. The molecule has 1 saturated heterocycles. The van der Waals surface area contributed by atoms with Crippen molar-refractivity contribution in [3.63, 3.8) is 0 Å². The quantitative estimate of drug-likeness (QED) is 0.643. The second-order valence-corrected chi connectivity index (χ2v) is 6.75. The summed E-state index contributed by atoms with van der Waals surface area (Å²) in [5.74, 6) is 2.07. The van der Waals surface area contributed by atoms with Crippen LogP contribution in [-0.2, 0) is 17.8 Å². The summed E-state index contributed by atoms with van der Waals surface area (Å²) in [5, 5.41) is 8.43. The minimum absolute atomic E-state index is 0.254. The van der Waals surface area contributed by atoms with Gasteiger partial charge in [0.1, 0.15) is 5.76 Å². The van der Waals surface area contributed by atoms with E-state index in [0.29, 0.717) is 24.9 Å². The molecule has 0 saturated carbocycles. The average molecular weight is 353 g/mol. The number of nitrogens with zero attached hydrogens (tertiary/aromatic N) is 3. The Bertz CT molecular complexity index is 805. The van der Waals surface area contributed by atoms with Gasteiger partial charge in [-0.2, -0.15) is 0 Å². The van der Waals surface area contributed by atoms with Crippen LogP contribution in [-0.4, -0.2) is 34.4 Å². The second kappa shape index (κ2) is 7.85. The van der Waals surface area contributed by atoms with Crippen molar-refractivity contribution in [3.8, 4) is 11.5 Å². The lowest BCUT2D eigenvalue weighted by atomic mass is 10.1. The van der Waals surface area contributed by atoms with E-state index in [2.05, 4.69) is 22.0 Å². The second-order valence-electron chi connectivity index (χ2n) is 6.75. The third kappa shape index (κ3) is 4.20. The Morgan fingerprint density at radius 1 is 1.12 bits per heavy atom. The van der Waals surface area contributed by atoms with Crippen LogP contribution in [0.15, 0.2) is 51.5 Å². The Hall–Kier alpha value is -2.44. The normalized spacial score (nSPS) is 17.2. The summed E-state index contributed by atoms with van der Waals surface area (Å²) in [6.07, 6.45) is 4.16. The van der Waals surface area contributed by atoms with E-state index in [4.69, 9.17) is 13.6 Å². The van der Waals surface area contributed by atoms with Crippen LogP contribution in [0.5, 0.6) is 0 Å². The summed E-state index contributed by atoms with van der Waals surface area (Å²) in [5.41, 5.74) is 2.14. The molecule has 6 nitrogen and oxygen atoms in total. The lowest BCUT2D eigenvalue weighted by molar-refractivity contribution is 0.0624. The van der Waals surface area contributed by atoms with E-state index in [9.17, 15) is 0 Å². The van der Waals surface area contributed by atoms with Crippen LogP contribution < -0.4 is 0 Å². The number of hydrogen-bond acceptors (Lipinski definition) is 6. The Labute approximate surface area is 152 Å². The molecular formula is C20H23N3O3. The van der Waals surface area contributed by atoms with Crippen LogP contribution >= 0.6 is 0 Å². The molecule has 1 unspecified atom stereocenters. The monoisotopic (exact) mass is 353 g/mol. The van der Waals surface area contributed by atoms with E-state index in [-0.39, 0.29) is 6.10 Å². The van der Waals surface area contributed by atoms with Crippen LogP contribution in [0.25, 0.3) is 11.5 Å². The van der Waals surface area contributed by atoms with Gasteiger partial charge in [-0.25, -0.2) is 0 Å². The van der Waals surface area contributed by atoms with E-state index in [1.165, 1.54) is 5.56 Å². The molecule has 0 amide bonds. The smallest absolute Gasteiger partial charge is 0.247 e. The maximum atomic E-state index is 5.89. The molecule has 2 aromatic heterocycles. The highest BCUT2D eigenvalue weighted by molar-refractivity contribution is 5.52. The molecule has 136 valence electrons. The largest absolute Gasteiger partial charge is 0.468 e. The maximum Gasteiger partial charge on any atom is 0.247 e. The molecular weight excluding hydrogens is 330 g/mol. The Balaban J connectivity index is 1.46. The molecule has 0 N–H and O–H groups in total. The molecule has 1 aromatic carbocycles. The molecule has 26 heavy (non-hydrogen) atoms. The van der Waals surface area contributed by atoms with Crippen LogP contribution in [0, 0.1) is 6.92 Å². The van der Waals surface area contributed by atoms with E-state index in [1.54, 1.807) is 6.26 Å². The number of ether oxygens (including phenoxy) is 1. The van der Waals surface area contributed by atoms with Crippen molar-refractivity contribution in [1.82, 2.24) is 15.1 Å². The van der Waals surface area contributed by atoms with Crippen LogP contribution in [0.1, 0.15) is 30.1 Å². The fourth-order valence-corrected chi connectivity index (χ4v) is 3.21. The number of hydrogen-bond donors (Lipinski definition) is 0. The fraction of sp³-hybridized carbons (Fsp3) is 0.400. The Morgan fingerprint density at radius 2 is 2.00 bits per heavy atom. The van der Waals surface area contributed by atoms with Gasteiger partial charge in [0, 0.05) is 18.7 Å². The zero-order valence-electron chi connectivity index (χ0n) is 14.9. The predicted molar refractivity (Wildman–Crippen MR) is 96.3 cm³/mol. The highest BCUT2D eigenvalue weighted by Gasteiger charge is 2.22. The molecule has 0 bridgehead atoms. The Kier molecular flexibility index (Phi) is 5.13. The van der Waals surface area contributed by atoms with Gasteiger partial charge in [-0.15, -0.1) is 10.2 Å². The maximum absolute atomic E-state index is 5.89. The van der Waals surface area contributed by atoms with Crippen LogP contribution in [0.2, 0.25) is 0 Å². The standard InChI is InChI=1S/C20H23N3O3/c1-15-6-8-16(9-7-15)20-22-21-19(26-20)14-23(12-17-4-2-10-24-17)13-18-5-3-11-25-18/h2,4,6-10,18H,3,5,11-14H2,1H3. The highest BCUT2D eigenvalue weighted by Crippen LogP contribution is 2.21. The zero-order valence-corrected chi connectivity index (χ0v) is 14.9. The first-order valence-electron chi connectivity index (χ1n) is 9.02. The summed E-state index contributed by atoms with van der Waals surface area (Å²) >= 11 is 0. The SMILES string of the molecule is Cc1ccc(-c2nnc(CN(Cc3ccco3)CC3CCCO3)o2)cc1. The number of aryl methyl sites for hydroxylation is 1. The van der Waals surface area contributed by atoms with Gasteiger partial charge in [0.05, 0.1) is 25.5 Å². The highest BCUT2D eigenvalue weighted by atomic mass is 16.5. The summed E-state index contributed by atoms with van der Waals surface area (Å²) in [4.78, 5) is 2.24. The van der Waals surface area contributed by atoms with Gasteiger partial charge < -0.3 is 13.6 Å². The van der Waals surface area contributed by atoms with E-state index >= 15 is 0 Å². The van der Waals surface area contributed by atoms with Gasteiger partial charge in [0.15, 0.2) is 0 Å². The van der Waals surface area contributed by atoms with Crippen molar-refractivity contribution >= 4 is 0 Å². The van der Waals surface area contributed by atoms with Crippen molar-refractivity contribution in [2.75, 3.05) is 13.2 Å². The molecule has 1 fully saturated rings. The molecule has 0 spiro atoms. The molecule has 3 heterocycles. The topological polar surface area (TPSA) is 64.5 Å². The first-order valence-corrected chi connectivity index (χ1v) is 9.02. The summed E-state index contributed by atoms with van der Waals surface area (Å²) < 4.78 is 17.2. The summed E-state index contributed by atoms with van der Waals surface area (Å²) in [6.45, 7) is 4.98. The van der Waals surface area contributed by atoms with Crippen molar-refractivity contribution in [3.05, 3.63) is 59.9 Å². The van der Waals surface area contributed by atoms with Gasteiger partial charge in [0.2, 0.25) is 11.8 Å².